The zero-order chi connectivity index (χ0) is 21.7. The molecule has 1 atom stereocenters. The van der Waals surface area contributed by atoms with Crippen LogP contribution in [0.15, 0.2) is 77.7 Å². The molecular formula is C23H23ClN2O3S. The van der Waals surface area contributed by atoms with Crippen molar-refractivity contribution in [3.05, 3.63) is 94.5 Å². The average molecular weight is 443 g/mol. The normalized spacial score (nSPS) is 12.4. The molecule has 0 heterocycles. The predicted molar refractivity (Wildman–Crippen MR) is 120 cm³/mol. The molecule has 0 saturated heterocycles. The van der Waals surface area contributed by atoms with E-state index in [1.165, 1.54) is 24.3 Å². The first kappa shape index (κ1) is 22.0. The van der Waals surface area contributed by atoms with Crippen LogP contribution in [0, 0.1) is 13.8 Å². The van der Waals surface area contributed by atoms with Crippen LogP contribution >= 0.6 is 11.6 Å². The van der Waals surface area contributed by atoms with Gasteiger partial charge in [-0.05, 0) is 73.4 Å². The highest BCUT2D eigenvalue weighted by Crippen LogP contribution is 2.17. The summed E-state index contributed by atoms with van der Waals surface area (Å²) in [4.78, 5) is 13.1. The summed E-state index contributed by atoms with van der Waals surface area (Å²) in [6.45, 7) is 3.88. The van der Waals surface area contributed by atoms with Crippen molar-refractivity contribution in [2.45, 2.75) is 31.2 Å². The molecule has 0 aliphatic heterocycles. The molecule has 0 spiro atoms. The number of hydrogen-bond donors (Lipinski definition) is 2. The Kier molecular flexibility index (Phi) is 6.92. The third-order valence-electron chi connectivity index (χ3n) is 4.51. The Labute approximate surface area is 182 Å². The highest BCUT2D eigenvalue weighted by atomic mass is 35.5. The molecule has 1 amide bonds. The topological polar surface area (TPSA) is 75.3 Å². The second-order valence-electron chi connectivity index (χ2n) is 7.18. The second kappa shape index (κ2) is 9.43. The Hall–Kier alpha value is -2.67. The van der Waals surface area contributed by atoms with Gasteiger partial charge in [-0.15, -0.1) is 0 Å². The van der Waals surface area contributed by atoms with E-state index in [9.17, 15) is 13.2 Å². The minimum atomic E-state index is -3.92. The fourth-order valence-corrected chi connectivity index (χ4v) is 4.50. The van der Waals surface area contributed by atoms with Crippen molar-refractivity contribution >= 4 is 33.2 Å². The second-order valence-corrected chi connectivity index (χ2v) is 9.33. The van der Waals surface area contributed by atoms with E-state index in [1.54, 1.807) is 0 Å². The first-order valence-corrected chi connectivity index (χ1v) is 11.3. The van der Waals surface area contributed by atoms with Gasteiger partial charge in [-0.1, -0.05) is 48.0 Å². The van der Waals surface area contributed by atoms with Crippen molar-refractivity contribution in [3.8, 4) is 0 Å². The first-order chi connectivity index (χ1) is 14.2. The Morgan fingerprint density at radius 3 is 2.13 bits per heavy atom. The molecule has 3 rings (SSSR count). The molecule has 0 radical (unpaired) electrons. The Morgan fingerprint density at radius 1 is 0.933 bits per heavy atom. The number of rotatable bonds is 7. The zero-order valence-corrected chi connectivity index (χ0v) is 18.3. The number of anilines is 1. The van der Waals surface area contributed by atoms with E-state index in [2.05, 4.69) is 10.0 Å². The summed E-state index contributed by atoms with van der Waals surface area (Å²) in [6, 6.07) is 19.8. The monoisotopic (exact) mass is 442 g/mol. The van der Waals surface area contributed by atoms with Gasteiger partial charge in [-0.25, -0.2) is 8.42 Å². The highest BCUT2D eigenvalue weighted by Gasteiger charge is 2.26. The van der Waals surface area contributed by atoms with Crippen LogP contribution in [0.5, 0.6) is 0 Å². The molecule has 5 nitrogen and oxygen atoms in total. The summed E-state index contributed by atoms with van der Waals surface area (Å²) < 4.78 is 28.3. The number of hydrogen-bond acceptors (Lipinski definition) is 3. The summed E-state index contributed by atoms with van der Waals surface area (Å²) in [7, 11) is -3.92. The largest absolute Gasteiger partial charge is 0.325 e. The number of sulfonamides is 1. The summed E-state index contributed by atoms with van der Waals surface area (Å²) in [6.07, 6.45) is 0.213. The number of halogens is 1. The van der Waals surface area contributed by atoms with E-state index in [4.69, 9.17) is 11.6 Å². The number of benzene rings is 3. The zero-order valence-electron chi connectivity index (χ0n) is 16.7. The minimum absolute atomic E-state index is 0.0455. The standard InChI is InChI=1S/C23H23ClN2O3S/c1-16-12-17(2)14-20(13-16)25-23(27)22(15-18-6-4-3-5-7-18)26-30(28,29)21-10-8-19(24)9-11-21/h3-14,22,26H,15H2,1-2H3,(H,25,27)/t22-/m1/s1. The summed E-state index contributed by atoms with van der Waals surface area (Å²) in [5.41, 5.74) is 3.48. The summed E-state index contributed by atoms with van der Waals surface area (Å²) in [5, 5.41) is 3.27. The molecule has 0 fully saturated rings. The number of carbonyl (C=O) groups excluding carboxylic acids is 1. The van der Waals surface area contributed by atoms with Gasteiger partial charge in [-0.2, -0.15) is 4.72 Å². The average Bonchev–Trinajstić information content (AvgIpc) is 2.67. The molecule has 0 saturated carbocycles. The maximum absolute atomic E-state index is 13.0. The Bertz CT molecular complexity index is 1110. The molecule has 7 heteroatoms. The van der Waals surface area contributed by atoms with E-state index in [1.807, 2.05) is 62.4 Å². The smallest absolute Gasteiger partial charge is 0.242 e. The fourth-order valence-electron chi connectivity index (χ4n) is 3.18. The van der Waals surface area contributed by atoms with Gasteiger partial charge in [0.05, 0.1) is 4.90 Å². The van der Waals surface area contributed by atoms with Crippen LogP contribution in [0.3, 0.4) is 0 Å². The SMILES string of the molecule is Cc1cc(C)cc(NC(=O)[C@@H](Cc2ccccc2)NS(=O)(=O)c2ccc(Cl)cc2)c1. The lowest BCUT2D eigenvalue weighted by atomic mass is 10.1. The summed E-state index contributed by atoms with van der Waals surface area (Å²) >= 11 is 5.86. The lowest BCUT2D eigenvalue weighted by Crippen LogP contribution is -2.45. The van der Waals surface area contributed by atoms with Crippen molar-refractivity contribution in [2.24, 2.45) is 0 Å². The molecule has 0 aliphatic carbocycles. The molecule has 0 aliphatic rings. The van der Waals surface area contributed by atoms with Gasteiger partial charge < -0.3 is 5.32 Å². The van der Waals surface area contributed by atoms with Crippen LogP contribution in [-0.2, 0) is 21.2 Å². The number of aryl methyl sites for hydroxylation is 2. The van der Waals surface area contributed by atoms with Crippen molar-refractivity contribution in [1.82, 2.24) is 4.72 Å². The van der Waals surface area contributed by atoms with Crippen molar-refractivity contribution < 1.29 is 13.2 Å². The van der Waals surface area contributed by atoms with Gasteiger partial charge in [0.25, 0.3) is 0 Å². The Balaban J connectivity index is 1.87. The fraction of sp³-hybridized carbons (Fsp3) is 0.174. The van der Waals surface area contributed by atoms with Crippen LogP contribution in [-0.4, -0.2) is 20.4 Å². The van der Waals surface area contributed by atoms with Crippen molar-refractivity contribution in [2.75, 3.05) is 5.32 Å². The molecular weight excluding hydrogens is 420 g/mol. The van der Waals surface area contributed by atoms with Crippen LogP contribution in [0.2, 0.25) is 5.02 Å². The molecule has 0 unspecified atom stereocenters. The van der Waals surface area contributed by atoms with E-state index in [0.29, 0.717) is 10.7 Å². The molecule has 156 valence electrons. The molecule has 0 bridgehead atoms. The van der Waals surface area contributed by atoms with E-state index in [-0.39, 0.29) is 11.3 Å². The van der Waals surface area contributed by atoms with Crippen LogP contribution in [0.4, 0.5) is 5.69 Å². The third kappa shape index (κ3) is 5.92. The van der Waals surface area contributed by atoms with Gasteiger partial charge in [-0.3, -0.25) is 4.79 Å². The lowest BCUT2D eigenvalue weighted by Gasteiger charge is -2.19. The number of amides is 1. The Morgan fingerprint density at radius 2 is 1.53 bits per heavy atom. The van der Waals surface area contributed by atoms with Gasteiger partial charge in [0.1, 0.15) is 6.04 Å². The van der Waals surface area contributed by atoms with E-state index in [0.717, 1.165) is 16.7 Å². The van der Waals surface area contributed by atoms with E-state index >= 15 is 0 Å². The molecule has 2 N–H and O–H groups in total. The third-order valence-corrected chi connectivity index (χ3v) is 6.25. The van der Waals surface area contributed by atoms with E-state index < -0.39 is 22.0 Å². The number of carbonyl (C=O) groups is 1. The first-order valence-electron chi connectivity index (χ1n) is 9.44. The maximum atomic E-state index is 13.0. The van der Waals surface area contributed by atoms with Crippen molar-refractivity contribution in [1.29, 1.82) is 0 Å². The van der Waals surface area contributed by atoms with Gasteiger partial charge >= 0.3 is 0 Å². The summed E-state index contributed by atoms with van der Waals surface area (Å²) in [5.74, 6) is -0.429. The van der Waals surface area contributed by atoms with Gasteiger partial charge in [0.15, 0.2) is 0 Å². The molecule has 3 aromatic carbocycles. The highest BCUT2D eigenvalue weighted by molar-refractivity contribution is 7.89. The van der Waals surface area contributed by atoms with Crippen LogP contribution in [0.1, 0.15) is 16.7 Å². The van der Waals surface area contributed by atoms with Crippen LogP contribution in [0.25, 0.3) is 0 Å². The van der Waals surface area contributed by atoms with Crippen LogP contribution < -0.4 is 10.0 Å². The maximum Gasteiger partial charge on any atom is 0.242 e. The van der Waals surface area contributed by atoms with Gasteiger partial charge in [0, 0.05) is 10.7 Å². The predicted octanol–water partition coefficient (Wildman–Crippen LogP) is 4.49. The van der Waals surface area contributed by atoms with Crippen molar-refractivity contribution in [3.63, 3.8) is 0 Å². The van der Waals surface area contributed by atoms with Gasteiger partial charge in [0.2, 0.25) is 15.9 Å². The lowest BCUT2D eigenvalue weighted by molar-refractivity contribution is -0.117. The molecule has 0 aromatic heterocycles. The number of nitrogens with one attached hydrogen (secondary N) is 2. The quantitative estimate of drug-likeness (QED) is 0.566. The minimum Gasteiger partial charge on any atom is -0.325 e. The molecule has 3 aromatic rings. The molecule has 30 heavy (non-hydrogen) atoms.